The van der Waals surface area contributed by atoms with Crippen LogP contribution >= 0.6 is 0 Å². The van der Waals surface area contributed by atoms with Crippen LogP contribution in [0.3, 0.4) is 0 Å². The van der Waals surface area contributed by atoms with Crippen LogP contribution < -0.4 is 0 Å². The molecule has 0 aliphatic carbocycles. The van der Waals surface area contributed by atoms with E-state index in [1.54, 1.807) is 0 Å². The molecule has 11 nitrogen and oxygen atoms in total. The number of isocyanates is 2. The minimum Gasteiger partial charge on any atom is -0.377 e. The largest absolute Gasteiger partial charge is 0.377 e. The first-order chi connectivity index (χ1) is 13.4. The zero-order chi connectivity index (χ0) is 19.7. The summed E-state index contributed by atoms with van der Waals surface area (Å²) in [7, 11) is 0. The van der Waals surface area contributed by atoms with Crippen molar-refractivity contribution < 1.29 is 42.7 Å². The summed E-state index contributed by atoms with van der Waals surface area (Å²) in [5.41, 5.74) is 0. The van der Waals surface area contributed by atoms with Gasteiger partial charge in [0.05, 0.1) is 79.3 Å². The van der Waals surface area contributed by atoms with Gasteiger partial charge >= 0.3 is 0 Å². The molecule has 0 bridgehead atoms. The van der Waals surface area contributed by atoms with Gasteiger partial charge in [0, 0.05) is 0 Å². The number of hydrogen-bond acceptors (Lipinski definition) is 11. The molecule has 0 spiro atoms. The van der Waals surface area contributed by atoms with Gasteiger partial charge in [-0.1, -0.05) is 0 Å². The Morgan fingerprint density at radius 1 is 0.407 bits per heavy atom. The van der Waals surface area contributed by atoms with E-state index in [-0.39, 0.29) is 13.5 Å². The quantitative estimate of drug-likeness (QED) is 0.139. The highest BCUT2D eigenvalue weighted by Crippen LogP contribution is 1.85. The van der Waals surface area contributed by atoms with Gasteiger partial charge in [-0.2, -0.15) is 9.98 Å². The molecule has 0 aliphatic rings. The Balaban J connectivity index is 3.01. The fourth-order valence-corrected chi connectivity index (χ4v) is 1.49. The monoisotopic (exact) mass is 392 g/mol. The first-order valence-electron chi connectivity index (χ1n) is 8.53. The van der Waals surface area contributed by atoms with Crippen LogP contribution in [0.25, 0.3) is 0 Å². The number of ether oxygens (including phenoxy) is 7. The molecule has 156 valence electrons. The summed E-state index contributed by atoms with van der Waals surface area (Å²) in [6.07, 6.45) is 2.76. The Labute approximate surface area is 158 Å². The third kappa shape index (κ3) is 24.5. The summed E-state index contributed by atoms with van der Waals surface area (Å²) in [6.45, 7) is 5.33. The topological polar surface area (TPSA) is 123 Å². The molecular formula is C16H28N2O9. The first kappa shape index (κ1) is 25.5. The fraction of sp³-hybridized carbons (Fsp3) is 0.875. The number of aliphatic imine (C=N–C) groups is 2. The van der Waals surface area contributed by atoms with E-state index in [1.807, 2.05) is 0 Å². The second kappa shape index (κ2) is 24.5. The van der Waals surface area contributed by atoms with E-state index in [4.69, 9.17) is 33.2 Å². The lowest BCUT2D eigenvalue weighted by Gasteiger charge is -2.08. The maximum atomic E-state index is 9.77. The second-order valence-corrected chi connectivity index (χ2v) is 4.64. The van der Waals surface area contributed by atoms with Gasteiger partial charge in [0.25, 0.3) is 0 Å². The van der Waals surface area contributed by atoms with Crippen LogP contribution in [0.15, 0.2) is 9.98 Å². The molecule has 0 aliphatic heterocycles. The summed E-state index contributed by atoms with van der Waals surface area (Å²) in [5, 5.41) is 0. The Kier molecular flexibility index (Phi) is 23.1. The maximum absolute atomic E-state index is 9.77. The third-order valence-electron chi connectivity index (χ3n) is 2.67. The summed E-state index contributed by atoms with van der Waals surface area (Å²) in [4.78, 5) is 26.0. The molecule has 0 amide bonds. The van der Waals surface area contributed by atoms with Crippen LogP contribution in [0, 0.1) is 0 Å². The van der Waals surface area contributed by atoms with Gasteiger partial charge < -0.3 is 33.2 Å². The molecule has 27 heavy (non-hydrogen) atoms. The van der Waals surface area contributed by atoms with Gasteiger partial charge in [-0.3, -0.25) is 0 Å². The zero-order valence-electron chi connectivity index (χ0n) is 15.5. The highest BCUT2D eigenvalue weighted by Gasteiger charge is 1.94. The summed E-state index contributed by atoms with van der Waals surface area (Å²) >= 11 is 0. The molecule has 0 atom stereocenters. The molecule has 0 heterocycles. The smallest absolute Gasteiger partial charge is 0.237 e. The highest BCUT2D eigenvalue weighted by molar-refractivity contribution is 5.32. The van der Waals surface area contributed by atoms with Gasteiger partial charge in [-0.05, 0) is 0 Å². The molecule has 0 rings (SSSR count). The van der Waals surface area contributed by atoms with Gasteiger partial charge in [-0.25, -0.2) is 9.59 Å². The van der Waals surface area contributed by atoms with Crippen molar-refractivity contribution in [3.63, 3.8) is 0 Å². The van der Waals surface area contributed by atoms with Gasteiger partial charge in [0.2, 0.25) is 12.2 Å². The number of carbonyl (C=O) groups excluding carboxylic acids is 2. The first-order valence-corrected chi connectivity index (χ1v) is 8.53. The van der Waals surface area contributed by atoms with Crippen LogP contribution in [-0.2, 0) is 42.7 Å². The van der Waals surface area contributed by atoms with Crippen LogP contribution in [-0.4, -0.2) is 105 Å². The maximum Gasteiger partial charge on any atom is 0.237 e. The summed E-state index contributed by atoms with van der Waals surface area (Å²) in [5.74, 6) is 0. The molecule has 0 fully saturated rings. The molecule has 11 heteroatoms. The molecule has 0 aromatic heterocycles. The lowest BCUT2D eigenvalue weighted by atomic mass is 10.7. The molecule has 0 saturated carbocycles. The molecular weight excluding hydrogens is 364 g/mol. The van der Waals surface area contributed by atoms with Gasteiger partial charge in [0.1, 0.15) is 13.5 Å². The average Bonchev–Trinajstić information content (AvgIpc) is 2.68. The van der Waals surface area contributed by atoms with E-state index in [0.717, 1.165) is 0 Å². The Hall–Kier alpha value is -1.52. The summed E-state index contributed by atoms with van der Waals surface area (Å²) < 4.78 is 36.4. The molecule has 0 N–H and O–H groups in total. The zero-order valence-corrected chi connectivity index (χ0v) is 15.5. The summed E-state index contributed by atoms with van der Waals surface area (Å²) in [6, 6.07) is 0. The van der Waals surface area contributed by atoms with Gasteiger partial charge in [-0.15, -0.1) is 0 Å². The van der Waals surface area contributed by atoms with Crippen molar-refractivity contribution in [2.45, 2.75) is 0 Å². The molecule has 0 unspecified atom stereocenters. The fourth-order valence-electron chi connectivity index (χ4n) is 1.49. The van der Waals surface area contributed by atoms with Crippen molar-refractivity contribution >= 4 is 12.2 Å². The predicted molar refractivity (Wildman–Crippen MR) is 92.0 cm³/mol. The van der Waals surface area contributed by atoms with Crippen molar-refractivity contribution in [1.82, 2.24) is 0 Å². The van der Waals surface area contributed by atoms with Crippen LogP contribution in [0.2, 0.25) is 0 Å². The molecule has 0 aromatic carbocycles. The van der Waals surface area contributed by atoms with E-state index in [9.17, 15) is 9.59 Å². The van der Waals surface area contributed by atoms with E-state index < -0.39 is 0 Å². The van der Waals surface area contributed by atoms with Crippen molar-refractivity contribution in [3.05, 3.63) is 0 Å². The average molecular weight is 392 g/mol. The lowest BCUT2D eigenvalue weighted by Crippen LogP contribution is -2.14. The third-order valence-corrected chi connectivity index (χ3v) is 2.67. The molecule has 0 saturated heterocycles. The molecule has 0 radical (unpaired) electrons. The van der Waals surface area contributed by atoms with Gasteiger partial charge in [0.15, 0.2) is 0 Å². The molecule has 0 aromatic rings. The normalized spacial score (nSPS) is 10.4. The van der Waals surface area contributed by atoms with Crippen LogP contribution in [0.5, 0.6) is 0 Å². The Morgan fingerprint density at radius 2 is 0.630 bits per heavy atom. The minimum atomic E-state index is 0.00570. The second-order valence-electron chi connectivity index (χ2n) is 4.64. The number of hydrogen-bond donors (Lipinski definition) is 0. The minimum absolute atomic E-state index is 0.00570. The van der Waals surface area contributed by atoms with Crippen molar-refractivity contribution in [2.24, 2.45) is 9.98 Å². The lowest BCUT2D eigenvalue weighted by molar-refractivity contribution is -0.0200. The van der Waals surface area contributed by atoms with Crippen molar-refractivity contribution in [1.29, 1.82) is 0 Å². The van der Waals surface area contributed by atoms with E-state index in [1.165, 1.54) is 12.2 Å². The van der Waals surface area contributed by atoms with E-state index in [0.29, 0.717) is 79.3 Å². The number of nitrogens with zero attached hydrogens (tertiary/aromatic N) is 2. The highest BCUT2D eigenvalue weighted by atomic mass is 16.6. The van der Waals surface area contributed by atoms with Crippen LogP contribution in [0.1, 0.15) is 0 Å². The van der Waals surface area contributed by atoms with E-state index in [2.05, 4.69) is 9.98 Å². The predicted octanol–water partition coefficient (Wildman–Crippen LogP) is -0.311. The Bertz CT molecular complexity index is 363. The SMILES string of the molecule is O=C=NCOCCOCCOCCOCCOCCOCCOCN=C=O. The standard InChI is InChI=1S/C16H28N2O9/c19-13-17-15-26-11-9-24-7-5-22-3-1-21-2-4-23-6-8-25-10-12-27-16-18-14-20/h1-12,15-16H2. The number of rotatable bonds is 22. The van der Waals surface area contributed by atoms with Crippen molar-refractivity contribution in [3.8, 4) is 0 Å². The van der Waals surface area contributed by atoms with Crippen LogP contribution in [0.4, 0.5) is 0 Å². The van der Waals surface area contributed by atoms with E-state index >= 15 is 0 Å². The Morgan fingerprint density at radius 3 is 0.852 bits per heavy atom. The van der Waals surface area contributed by atoms with Crippen molar-refractivity contribution in [2.75, 3.05) is 92.7 Å².